The van der Waals surface area contributed by atoms with Crippen molar-refractivity contribution in [2.75, 3.05) is 16.8 Å². The van der Waals surface area contributed by atoms with Gasteiger partial charge in [-0.1, -0.05) is 86.8 Å². The zero-order chi connectivity index (χ0) is 22.1. The monoisotopic (exact) mass is 418 g/mol. The molecule has 0 aliphatic carbocycles. The van der Waals surface area contributed by atoms with E-state index in [0.29, 0.717) is 25.2 Å². The van der Waals surface area contributed by atoms with Gasteiger partial charge >= 0.3 is 0 Å². The van der Waals surface area contributed by atoms with Gasteiger partial charge in [0, 0.05) is 13.1 Å². The first-order valence-corrected chi connectivity index (χ1v) is 11.0. The highest BCUT2D eigenvalue weighted by molar-refractivity contribution is 5.78. The largest absolute Gasteiger partial charge is 0.370 e. The zero-order valence-electron chi connectivity index (χ0n) is 18.0. The summed E-state index contributed by atoms with van der Waals surface area (Å²) in [6.07, 6.45) is 5.55. The number of rotatable bonds is 13. The first kappa shape index (κ1) is 22.5. The second-order valence-electron chi connectivity index (χ2n) is 7.93. The van der Waals surface area contributed by atoms with Crippen molar-refractivity contribution < 1.29 is 4.79 Å². The van der Waals surface area contributed by atoms with Crippen LogP contribution in [0.25, 0.3) is 0 Å². The van der Waals surface area contributed by atoms with Crippen LogP contribution in [0.2, 0.25) is 0 Å². The lowest BCUT2D eigenvalue weighted by atomic mass is 10.0. The van der Waals surface area contributed by atoms with Gasteiger partial charge in [0.15, 0.2) is 0 Å². The third-order valence-corrected chi connectivity index (χ3v) is 5.49. The number of hydrogen-bond donors (Lipinski definition) is 1. The first-order valence-electron chi connectivity index (χ1n) is 11.0. The molecule has 0 saturated heterocycles. The van der Waals surface area contributed by atoms with Gasteiger partial charge in [0.25, 0.3) is 10.9 Å². The summed E-state index contributed by atoms with van der Waals surface area (Å²) < 4.78 is 0. The Morgan fingerprint density at radius 2 is 1.52 bits per heavy atom. The summed E-state index contributed by atoms with van der Waals surface area (Å²) in [6.45, 7) is 3.41. The molecule has 1 atom stereocenters. The molecule has 31 heavy (non-hydrogen) atoms. The van der Waals surface area contributed by atoms with Gasteiger partial charge in [0.2, 0.25) is 0 Å². The predicted molar refractivity (Wildman–Crippen MR) is 127 cm³/mol. The van der Waals surface area contributed by atoms with Crippen molar-refractivity contribution in [1.29, 1.82) is 0 Å². The molecule has 0 bridgehead atoms. The van der Waals surface area contributed by atoms with E-state index in [9.17, 15) is 14.4 Å². The quantitative estimate of drug-likeness (QED) is 0.257. The van der Waals surface area contributed by atoms with Crippen molar-refractivity contribution in [3.05, 3.63) is 92.2 Å². The Morgan fingerprint density at radius 1 is 0.871 bits per heavy atom. The van der Waals surface area contributed by atoms with Crippen LogP contribution in [0.15, 0.2) is 70.3 Å². The fraction of sp³-hybridized carbons (Fsp3) is 0.346. The highest BCUT2D eigenvalue weighted by Crippen LogP contribution is 2.24. The molecule has 1 N–H and O–H groups in total. The number of benzene rings is 2. The molecule has 3 aromatic rings. The van der Waals surface area contributed by atoms with E-state index in [2.05, 4.69) is 12.2 Å². The summed E-state index contributed by atoms with van der Waals surface area (Å²) >= 11 is 0. The molecule has 1 unspecified atom stereocenters. The number of aldehydes is 1. The van der Waals surface area contributed by atoms with Crippen molar-refractivity contribution in [2.45, 2.75) is 51.6 Å². The molecule has 0 heterocycles. The van der Waals surface area contributed by atoms with Crippen molar-refractivity contribution in [2.24, 2.45) is 0 Å². The highest BCUT2D eigenvalue weighted by Gasteiger charge is 2.27. The molecule has 0 amide bonds. The first-order chi connectivity index (χ1) is 15.1. The predicted octanol–water partition coefficient (Wildman–Crippen LogP) is 4.09. The molecule has 0 aromatic heterocycles. The van der Waals surface area contributed by atoms with Crippen molar-refractivity contribution in [1.82, 2.24) is 0 Å². The molecule has 0 aliphatic heterocycles. The van der Waals surface area contributed by atoms with Gasteiger partial charge in [-0.3, -0.25) is 9.59 Å². The maximum absolute atomic E-state index is 12.5. The highest BCUT2D eigenvalue weighted by atomic mass is 16.2. The van der Waals surface area contributed by atoms with Gasteiger partial charge in [-0.25, -0.2) is 0 Å². The summed E-state index contributed by atoms with van der Waals surface area (Å²) in [5, 5.41) is 3.05. The second-order valence-corrected chi connectivity index (χ2v) is 7.93. The van der Waals surface area contributed by atoms with Gasteiger partial charge in [-0.2, -0.15) is 0 Å². The van der Waals surface area contributed by atoms with Gasteiger partial charge < -0.3 is 15.0 Å². The maximum Gasteiger partial charge on any atom is 0.253 e. The molecule has 3 rings (SSSR count). The van der Waals surface area contributed by atoms with Crippen LogP contribution in [0, 0.1) is 0 Å². The average Bonchev–Trinajstić information content (AvgIpc) is 2.81. The van der Waals surface area contributed by atoms with Crippen LogP contribution >= 0.6 is 0 Å². The van der Waals surface area contributed by atoms with E-state index >= 15 is 0 Å². The lowest BCUT2D eigenvalue weighted by Gasteiger charge is -2.29. The normalized spacial score (nSPS) is 11.9. The molecule has 0 saturated carbocycles. The number of nitrogens with one attached hydrogen (secondary N) is 1. The van der Waals surface area contributed by atoms with E-state index < -0.39 is 16.9 Å². The number of anilines is 2. The SMILES string of the molecule is CCCCCCN(Cc1ccccc1)c1c(NC(C=O)Cc2ccccc2)c(=O)c1=O. The van der Waals surface area contributed by atoms with Crippen LogP contribution in [0.3, 0.4) is 0 Å². The van der Waals surface area contributed by atoms with Crippen LogP contribution < -0.4 is 21.1 Å². The molecular weight excluding hydrogens is 388 g/mol. The molecule has 5 nitrogen and oxygen atoms in total. The van der Waals surface area contributed by atoms with Gasteiger partial charge in [0.05, 0.1) is 6.04 Å². The fourth-order valence-electron chi connectivity index (χ4n) is 3.81. The zero-order valence-corrected chi connectivity index (χ0v) is 18.0. The minimum atomic E-state index is -0.567. The standard InChI is InChI=1S/C26H30N2O3/c1-2-3-4-11-16-28(18-21-14-9-6-10-15-21)24-23(25(30)26(24)31)27-22(19-29)17-20-12-7-5-8-13-20/h5-10,12-15,19,22,27H,2-4,11,16-18H2,1H3. The average molecular weight is 419 g/mol. The fourth-order valence-corrected chi connectivity index (χ4v) is 3.81. The van der Waals surface area contributed by atoms with E-state index in [1.807, 2.05) is 65.6 Å². The van der Waals surface area contributed by atoms with E-state index in [1.165, 1.54) is 0 Å². The van der Waals surface area contributed by atoms with E-state index in [-0.39, 0.29) is 5.69 Å². The summed E-state index contributed by atoms with van der Waals surface area (Å²) in [5.41, 5.74) is 1.73. The Labute approximate surface area is 183 Å². The van der Waals surface area contributed by atoms with Crippen LogP contribution in [0.1, 0.15) is 43.7 Å². The third-order valence-electron chi connectivity index (χ3n) is 5.49. The van der Waals surface area contributed by atoms with Crippen LogP contribution in [-0.2, 0) is 17.8 Å². The van der Waals surface area contributed by atoms with E-state index in [1.54, 1.807) is 0 Å². The number of carbonyl (C=O) groups excluding carboxylic acids is 1. The molecule has 3 aromatic carbocycles. The number of nitrogens with zero attached hydrogens (tertiary/aromatic N) is 1. The number of carbonyl (C=O) groups is 1. The van der Waals surface area contributed by atoms with Crippen LogP contribution in [0.4, 0.5) is 11.4 Å². The minimum absolute atomic E-state index is 0.268. The van der Waals surface area contributed by atoms with E-state index in [4.69, 9.17) is 0 Å². The molecule has 0 aliphatic rings. The smallest absolute Gasteiger partial charge is 0.253 e. The van der Waals surface area contributed by atoms with Crippen molar-refractivity contribution >= 4 is 17.7 Å². The molecule has 162 valence electrons. The third kappa shape index (κ3) is 5.91. The van der Waals surface area contributed by atoms with Crippen LogP contribution in [0.5, 0.6) is 0 Å². The van der Waals surface area contributed by atoms with Gasteiger partial charge in [-0.15, -0.1) is 0 Å². The number of hydrogen-bond acceptors (Lipinski definition) is 5. The topological polar surface area (TPSA) is 66.5 Å². The Bertz CT molecular complexity index is 1020. The Kier molecular flexibility index (Phi) is 8.16. The summed E-state index contributed by atoms with van der Waals surface area (Å²) in [4.78, 5) is 38.6. The second kappa shape index (κ2) is 11.3. The van der Waals surface area contributed by atoms with Crippen molar-refractivity contribution in [3.63, 3.8) is 0 Å². The maximum atomic E-state index is 12.5. The van der Waals surface area contributed by atoms with Gasteiger partial charge in [-0.05, 0) is 24.0 Å². The molecule has 0 spiro atoms. The molecular formula is C26H30N2O3. The molecule has 0 radical (unpaired) electrons. The van der Waals surface area contributed by atoms with Crippen LogP contribution in [-0.4, -0.2) is 18.9 Å². The minimum Gasteiger partial charge on any atom is -0.370 e. The Morgan fingerprint density at radius 3 is 2.13 bits per heavy atom. The summed E-state index contributed by atoms with van der Waals surface area (Å²) in [6, 6.07) is 19.0. The Hall–Kier alpha value is -3.21. The Balaban J connectivity index is 1.80. The van der Waals surface area contributed by atoms with Crippen molar-refractivity contribution in [3.8, 4) is 0 Å². The van der Waals surface area contributed by atoms with Gasteiger partial charge in [0.1, 0.15) is 17.7 Å². The summed E-state index contributed by atoms with van der Waals surface area (Å²) in [7, 11) is 0. The molecule has 5 heteroatoms. The lowest BCUT2D eigenvalue weighted by molar-refractivity contribution is -0.108. The lowest BCUT2D eigenvalue weighted by Crippen LogP contribution is -2.44. The number of unbranched alkanes of at least 4 members (excludes halogenated alkanes) is 3. The molecule has 0 fully saturated rings. The summed E-state index contributed by atoms with van der Waals surface area (Å²) in [5.74, 6) is 0. The van der Waals surface area contributed by atoms with E-state index in [0.717, 1.165) is 43.1 Å².